The molecule has 4 saturated carbocycles. The first-order valence-electron chi connectivity index (χ1n) is 14.3. The molecule has 0 radical (unpaired) electrons. The number of carbonyl (C=O) groups is 4. The highest BCUT2D eigenvalue weighted by molar-refractivity contribution is 5.88. The van der Waals surface area contributed by atoms with Gasteiger partial charge in [-0.15, -0.1) is 0 Å². The SMILES string of the molecule is CCC1C(=O)C2C3CCC(C(C)CC(C)(C)C(=O)NCC(=O)O)C3(C)CCC2C2(C)CCC(=O)CC12. The van der Waals surface area contributed by atoms with Gasteiger partial charge in [-0.2, -0.15) is 0 Å². The maximum absolute atomic E-state index is 14.1. The summed E-state index contributed by atoms with van der Waals surface area (Å²) in [6.45, 7) is 12.6. The van der Waals surface area contributed by atoms with Gasteiger partial charge in [-0.25, -0.2) is 0 Å². The fourth-order valence-electron chi connectivity index (χ4n) is 9.85. The minimum atomic E-state index is -1.03. The fourth-order valence-corrected chi connectivity index (χ4v) is 9.85. The van der Waals surface area contributed by atoms with Crippen LogP contribution in [0.1, 0.15) is 99.3 Å². The van der Waals surface area contributed by atoms with E-state index in [2.05, 4.69) is 33.0 Å². The van der Waals surface area contributed by atoms with Gasteiger partial charge in [0, 0.05) is 30.1 Å². The number of carboxylic acid groups (broad SMARTS) is 1. The highest BCUT2D eigenvalue weighted by Crippen LogP contribution is 2.68. The summed E-state index contributed by atoms with van der Waals surface area (Å²) in [4.78, 5) is 50.1. The molecular weight excluding hydrogens is 454 g/mol. The Morgan fingerprint density at radius 3 is 2.36 bits per heavy atom. The maximum atomic E-state index is 14.1. The zero-order valence-electron chi connectivity index (χ0n) is 23.2. The second-order valence-electron chi connectivity index (χ2n) is 13.9. The van der Waals surface area contributed by atoms with Gasteiger partial charge in [0.05, 0.1) is 0 Å². The Kier molecular flexibility index (Phi) is 7.24. The average Bonchev–Trinajstić information content (AvgIpc) is 3.15. The standard InChI is InChI=1S/C30H47NO5/c1-7-19-23-14-18(32)10-12-30(23,6)22-11-13-29(5)20(8-9-21(29)25(22)26(19)35)17(2)15-28(3,4)27(36)31-16-24(33)34/h17,19-23,25H,7-16H2,1-6H3,(H,31,36)(H,33,34). The van der Waals surface area contributed by atoms with Gasteiger partial charge in [-0.05, 0) is 85.4 Å². The van der Waals surface area contributed by atoms with Crippen LogP contribution in [-0.2, 0) is 19.2 Å². The number of nitrogens with one attached hydrogen (secondary N) is 1. The Bertz CT molecular complexity index is 926. The summed E-state index contributed by atoms with van der Waals surface area (Å²) in [5.41, 5.74) is -0.484. The van der Waals surface area contributed by atoms with Crippen LogP contribution in [0.3, 0.4) is 0 Å². The summed E-state index contributed by atoms with van der Waals surface area (Å²) in [5, 5.41) is 11.5. The average molecular weight is 502 g/mol. The van der Waals surface area contributed by atoms with Crippen molar-refractivity contribution >= 4 is 23.4 Å². The molecule has 1 amide bonds. The highest BCUT2D eigenvalue weighted by Gasteiger charge is 2.65. The van der Waals surface area contributed by atoms with E-state index in [0.717, 1.165) is 38.5 Å². The van der Waals surface area contributed by atoms with E-state index in [0.29, 0.717) is 54.5 Å². The number of amides is 1. The summed E-state index contributed by atoms with van der Waals surface area (Å²) in [6.07, 6.45) is 8.05. The summed E-state index contributed by atoms with van der Waals surface area (Å²) in [7, 11) is 0. The van der Waals surface area contributed by atoms with Gasteiger partial charge >= 0.3 is 5.97 Å². The first-order valence-corrected chi connectivity index (χ1v) is 14.3. The van der Waals surface area contributed by atoms with Crippen LogP contribution in [-0.4, -0.2) is 35.1 Å². The predicted octanol–water partition coefficient (Wildman–Crippen LogP) is 5.28. The molecule has 4 aliphatic carbocycles. The van der Waals surface area contributed by atoms with Gasteiger partial charge in [0.15, 0.2) is 0 Å². The fraction of sp³-hybridized carbons (Fsp3) is 0.867. The lowest BCUT2D eigenvalue weighted by molar-refractivity contribution is -0.170. The highest BCUT2D eigenvalue weighted by atomic mass is 16.4. The number of aliphatic carboxylic acids is 1. The molecule has 36 heavy (non-hydrogen) atoms. The van der Waals surface area contributed by atoms with Crippen molar-refractivity contribution in [3.8, 4) is 0 Å². The molecule has 0 bridgehead atoms. The van der Waals surface area contributed by atoms with Gasteiger partial charge in [0.1, 0.15) is 18.1 Å². The number of rotatable bonds is 7. The van der Waals surface area contributed by atoms with Gasteiger partial charge in [0.25, 0.3) is 0 Å². The number of hydrogen-bond donors (Lipinski definition) is 2. The van der Waals surface area contributed by atoms with E-state index < -0.39 is 11.4 Å². The van der Waals surface area contributed by atoms with Crippen molar-refractivity contribution in [2.24, 2.45) is 57.7 Å². The van der Waals surface area contributed by atoms with Crippen molar-refractivity contribution in [3.63, 3.8) is 0 Å². The monoisotopic (exact) mass is 501 g/mol. The Labute approximate surface area is 216 Å². The second kappa shape index (κ2) is 9.54. The lowest BCUT2D eigenvalue weighted by Gasteiger charge is -2.61. The largest absolute Gasteiger partial charge is 0.480 e. The minimum absolute atomic E-state index is 0.0104. The van der Waals surface area contributed by atoms with Crippen molar-refractivity contribution in [3.05, 3.63) is 0 Å². The van der Waals surface area contributed by atoms with E-state index in [-0.39, 0.29) is 41.0 Å². The van der Waals surface area contributed by atoms with E-state index in [1.165, 1.54) is 0 Å². The Morgan fingerprint density at radius 1 is 1.06 bits per heavy atom. The summed E-state index contributed by atoms with van der Waals surface area (Å²) in [6, 6.07) is 0. The van der Waals surface area contributed by atoms with Gasteiger partial charge in [-0.3, -0.25) is 19.2 Å². The van der Waals surface area contributed by atoms with E-state index in [1.54, 1.807) is 0 Å². The molecule has 202 valence electrons. The van der Waals surface area contributed by atoms with E-state index in [4.69, 9.17) is 5.11 Å². The minimum Gasteiger partial charge on any atom is -0.480 e. The van der Waals surface area contributed by atoms with Crippen molar-refractivity contribution in [2.45, 2.75) is 99.3 Å². The lowest BCUT2D eigenvalue weighted by Crippen LogP contribution is -2.60. The molecule has 4 aliphatic rings. The molecule has 6 heteroatoms. The number of ketones is 2. The van der Waals surface area contributed by atoms with Gasteiger partial charge in [-0.1, -0.05) is 41.5 Å². The number of hydrogen-bond acceptors (Lipinski definition) is 4. The third-order valence-corrected chi connectivity index (χ3v) is 11.6. The molecule has 0 saturated heterocycles. The van der Waals surface area contributed by atoms with Crippen molar-refractivity contribution in [1.29, 1.82) is 0 Å². The van der Waals surface area contributed by atoms with Crippen LogP contribution < -0.4 is 5.32 Å². The number of carboxylic acids is 1. The predicted molar refractivity (Wildman–Crippen MR) is 138 cm³/mol. The molecule has 0 aromatic rings. The van der Waals surface area contributed by atoms with Crippen LogP contribution in [0, 0.1) is 57.7 Å². The van der Waals surface area contributed by atoms with Crippen molar-refractivity contribution < 1.29 is 24.3 Å². The first-order chi connectivity index (χ1) is 16.8. The third kappa shape index (κ3) is 4.34. The molecule has 0 aliphatic heterocycles. The molecule has 9 unspecified atom stereocenters. The van der Waals surface area contributed by atoms with E-state index in [1.807, 2.05) is 13.8 Å². The molecule has 0 spiro atoms. The molecule has 4 rings (SSSR count). The molecular formula is C30H47NO5. The molecule has 2 N–H and O–H groups in total. The summed E-state index contributed by atoms with van der Waals surface area (Å²) < 4.78 is 0. The topological polar surface area (TPSA) is 101 Å². The smallest absolute Gasteiger partial charge is 0.322 e. The summed E-state index contributed by atoms with van der Waals surface area (Å²) in [5.74, 6) is 1.38. The van der Waals surface area contributed by atoms with Crippen LogP contribution in [0.5, 0.6) is 0 Å². The quantitative estimate of drug-likeness (QED) is 0.494. The zero-order valence-corrected chi connectivity index (χ0v) is 23.2. The number of Topliss-reactive ketones (excluding diaryl/α,β-unsaturated/α-hetero) is 2. The van der Waals surface area contributed by atoms with Crippen LogP contribution in [0.4, 0.5) is 0 Å². The Balaban J connectivity index is 1.55. The Morgan fingerprint density at radius 2 is 1.72 bits per heavy atom. The molecule has 0 aromatic carbocycles. The van der Waals surface area contributed by atoms with Gasteiger partial charge in [0.2, 0.25) is 5.91 Å². The maximum Gasteiger partial charge on any atom is 0.322 e. The van der Waals surface area contributed by atoms with Gasteiger partial charge < -0.3 is 10.4 Å². The van der Waals surface area contributed by atoms with Crippen LogP contribution in [0.2, 0.25) is 0 Å². The molecule has 0 heterocycles. The Hall–Kier alpha value is -1.72. The van der Waals surface area contributed by atoms with Crippen LogP contribution >= 0.6 is 0 Å². The van der Waals surface area contributed by atoms with Crippen molar-refractivity contribution in [1.82, 2.24) is 5.32 Å². The normalized spacial score (nSPS) is 41.2. The molecule has 4 fully saturated rings. The van der Waals surface area contributed by atoms with Crippen LogP contribution in [0.15, 0.2) is 0 Å². The van der Waals surface area contributed by atoms with E-state index >= 15 is 0 Å². The molecule has 9 atom stereocenters. The third-order valence-electron chi connectivity index (χ3n) is 11.6. The second-order valence-corrected chi connectivity index (χ2v) is 13.9. The molecule has 6 nitrogen and oxygen atoms in total. The number of carbonyl (C=O) groups excluding carboxylic acids is 3. The van der Waals surface area contributed by atoms with Crippen molar-refractivity contribution in [2.75, 3.05) is 6.54 Å². The lowest BCUT2D eigenvalue weighted by atomic mass is 9.42. The van der Waals surface area contributed by atoms with E-state index in [9.17, 15) is 19.2 Å². The molecule has 0 aromatic heterocycles. The zero-order chi connectivity index (χ0) is 26.6. The number of fused-ring (bicyclic) bond motifs is 5. The first kappa shape index (κ1) is 27.3. The van der Waals surface area contributed by atoms with Crippen LogP contribution in [0.25, 0.3) is 0 Å². The summed E-state index contributed by atoms with van der Waals surface area (Å²) >= 11 is 0.